The molecule has 3 fully saturated rings. The number of carbonyl (C=O) groups excluding carboxylic acids is 2. The predicted molar refractivity (Wildman–Crippen MR) is 167 cm³/mol. The number of urea groups is 1. The minimum Gasteiger partial charge on any atom is -0.475 e. The average molecular weight is 680 g/mol. The zero-order valence-corrected chi connectivity index (χ0v) is 26.6. The predicted octanol–water partition coefficient (Wildman–Crippen LogP) is 2.96. The smallest absolute Gasteiger partial charge is 0.475 e. The number of benzene rings is 1. The summed E-state index contributed by atoms with van der Waals surface area (Å²) in [5, 5.41) is 31.6. The lowest BCUT2D eigenvalue weighted by molar-refractivity contribution is -0.192. The molecule has 3 N–H and O–H groups in total. The molecule has 0 unspecified atom stereocenters. The van der Waals surface area contributed by atoms with Gasteiger partial charge in [-0.2, -0.15) is 18.4 Å². The number of nitriles is 1. The van der Waals surface area contributed by atoms with Crippen LogP contribution in [0, 0.1) is 11.3 Å². The fraction of sp³-hybridized carbons (Fsp3) is 0.533. The van der Waals surface area contributed by atoms with Gasteiger partial charge in [0, 0.05) is 77.2 Å². The first-order chi connectivity index (χ1) is 22.4. The number of rotatable bonds is 5. The van der Waals surface area contributed by atoms with E-state index in [0.717, 1.165) is 63.4 Å². The Morgan fingerprint density at radius 2 is 1.62 bits per heavy atom. The summed E-state index contributed by atoms with van der Waals surface area (Å²) in [6.45, 7) is 5.84. The van der Waals surface area contributed by atoms with E-state index in [9.17, 15) is 22.8 Å². The van der Waals surface area contributed by atoms with Crippen LogP contribution in [0.15, 0.2) is 30.3 Å². The minimum absolute atomic E-state index is 0.0875. The quantitative estimate of drug-likeness (QED) is 0.429. The fourth-order valence-electron chi connectivity index (χ4n) is 5.69. The molecule has 1 aliphatic carbocycles. The molecule has 2 aromatic rings. The fourth-order valence-corrected chi connectivity index (χ4v) is 5.91. The second kappa shape index (κ2) is 16.0. The Morgan fingerprint density at radius 1 is 1.00 bits per heavy atom. The van der Waals surface area contributed by atoms with Gasteiger partial charge in [0.25, 0.3) is 5.91 Å². The van der Waals surface area contributed by atoms with Gasteiger partial charge in [-0.05, 0) is 56.0 Å². The third kappa shape index (κ3) is 9.58. The molecule has 254 valence electrons. The van der Waals surface area contributed by atoms with Crippen LogP contribution in [-0.2, 0) is 4.79 Å². The molecule has 3 heterocycles. The first kappa shape index (κ1) is 35.5. The highest BCUT2D eigenvalue weighted by Crippen LogP contribution is 2.29. The van der Waals surface area contributed by atoms with Crippen LogP contribution in [0.1, 0.15) is 41.7 Å². The number of piperazine rings is 2. The Bertz CT molecular complexity index is 1440. The van der Waals surface area contributed by atoms with Gasteiger partial charge in [0.2, 0.25) is 0 Å². The molecular formula is C30H37ClF3N9O4. The molecule has 2 aliphatic heterocycles. The molecular weight excluding hydrogens is 643 g/mol. The molecule has 1 aromatic carbocycles. The molecule has 17 heteroatoms. The summed E-state index contributed by atoms with van der Waals surface area (Å²) in [6.07, 6.45) is -1.47. The van der Waals surface area contributed by atoms with Crippen molar-refractivity contribution in [1.29, 1.82) is 5.26 Å². The molecule has 1 saturated carbocycles. The van der Waals surface area contributed by atoms with E-state index in [2.05, 4.69) is 36.7 Å². The van der Waals surface area contributed by atoms with Crippen molar-refractivity contribution in [2.75, 3.05) is 69.2 Å². The highest BCUT2D eigenvalue weighted by molar-refractivity contribution is 6.32. The average Bonchev–Trinajstić information content (AvgIpc) is 3.08. The number of hydrogen-bond donors (Lipinski definition) is 3. The van der Waals surface area contributed by atoms with Crippen LogP contribution in [0.5, 0.6) is 0 Å². The van der Waals surface area contributed by atoms with Crippen LogP contribution in [0.25, 0.3) is 0 Å². The highest BCUT2D eigenvalue weighted by atomic mass is 35.5. The van der Waals surface area contributed by atoms with E-state index in [4.69, 9.17) is 26.8 Å². The molecule has 0 spiro atoms. The van der Waals surface area contributed by atoms with Crippen molar-refractivity contribution in [3.63, 3.8) is 0 Å². The number of hydrogen-bond acceptors (Lipinski definition) is 9. The monoisotopic (exact) mass is 679 g/mol. The normalized spacial score (nSPS) is 20.0. The summed E-state index contributed by atoms with van der Waals surface area (Å²) in [4.78, 5) is 42.6. The standard InChI is InChI=1S/C28H36ClN9O2.C2HF3O2/c1-35(23-5-2-20(19-30)24(29)18-23)22-6-3-21(4-7-22)32-27(39)25-8-9-26(34-33-25)36-14-16-38(17-15-36)28(40)37-12-10-31-11-13-37;3-2(4,5)1(6)7/h2,5,8-9,18,21-22,31H,3-4,6-7,10-17H2,1H3,(H,32,39);(H,6,7). The van der Waals surface area contributed by atoms with Crippen LogP contribution >= 0.6 is 11.6 Å². The van der Waals surface area contributed by atoms with E-state index in [1.54, 1.807) is 12.1 Å². The second-order valence-electron chi connectivity index (χ2n) is 11.4. The Labute approximate surface area is 275 Å². The summed E-state index contributed by atoms with van der Waals surface area (Å²) in [7, 11) is 2.04. The molecule has 0 atom stereocenters. The number of alkyl halides is 3. The van der Waals surface area contributed by atoms with Gasteiger partial charge >= 0.3 is 18.2 Å². The van der Waals surface area contributed by atoms with Crippen molar-refractivity contribution in [3.8, 4) is 6.07 Å². The lowest BCUT2D eigenvalue weighted by Crippen LogP contribution is -2.56. The zero-order valence-electron chi connectivity index (χ0n) is 25.8. The van der Waals surface area contributed by atoms with E-state index in [-0.39, 0.29) is 18.0 Å². The van der Waals surface area contributed by atoms with Crippen molar-refractivity contribution in [2.45, 2.75) is 43.9 Å². The number of halogens is 4. The molecule has 0 radical (unpaired) electrons. The van der Waals surface area contributed by atoms with Crippen LogP contribution in [0.2, 0.25) is 5.02 Å². The van der Waals surface area contributed by atoms with E-state index in [0.29, 0.717) is 48.5 Å². The van der Waals surface area contributed by atoms with Crippen molar-refractivity contribution in [1.82, 2.24) is 30.6 Å². The number of carboxylic acids is 1. The Morgan fingerprint density at radius 3 is 2.15 bits per heavy atom. The first-order valence-corrected chi connectivity index (χ1v) is 15.6. The largest absolute Gasteiger partial charge is 0.490 e. The van der Waals surface area contributed by atoms with Gasteiger partial charge in [0.15, 0.2) is 11.5 Å². The molecule has 3 aliphatic rings. The Kier molecular flexibility index (Phi) is 12.1. The van der Waals surface area contributed by atoms with Crippen molar-refractivity contribution >= 4 is 41.0 Å². The van der Waals surface area contributed by atoms with E-state index in [1.165, 1.54) is 0 Å². The topological polar surface area (TPSA) is 158 Å². The SMILES string of the molecule is CN(c1ccc(C#N)c(Cl)c1)C1CCC(NC(=O)c2ccc(N3CCN(C(=O)N4CCNCC4)CC3)nn2)CC1.O=C(O)C(F)(F)F. The summed E-state index contributed by atoms with van der Waals surface area (Å²) in [5.74, 6) is -2.24. The lowest BCUT2D eigenvalue weighted by atomic mass is 9.90. The van der Waals surface area contributed by atoms with E-state index in [1.807, 2.05) is 35.0 Å². The maximum absolute atomic E-state index is 12.9. The van der Waals surface area contributed by atoms with Gasteiger partial charge in [-0.15, -0.1) is 10.2 Å². The van der Waals surface area contributed by atoms with Crippen LogP contribution in [0.3, 0.4) is 0 Å². The number of nitrogens with zero attached hydrogens (tertiary/aromatic N) is 7. The van der Waals surface area contributed by atoms with Gasteiger partial charge < -0.3 is 35.3 Å². The van der Waals surface area contributed by atoms with Crippen LogP contribution < -0.4 is 20.4 Å². The number of aromatic nitrogens is 2. The third-order valence-electron chi connectivity index (χ3n) is 8.45. The maximum atomic E-state index is 12.9. The molecule has 1 aromatic heterocycles. The highest BCUT2D eigenvalue weighted by Gasteiger charge is 2.38. The summed E-state index contributed by atoms with van der Waals surface area (Å²) in [6, 6.07) is 11.7. The van der Waals surface area contributed by atoms with E-state index >= 15 is 0 Å². The number of nitrogens with one attached hydrogen (secondary N) is 2. The number of carbonyl (C=O) groups is 3. The number of carboxylic acid groups (broad SMARTS) is 1. The van der Waals surface area contributed by atoms with Gasteiger partial charge in [0.05, 0.1) is 10.6 Å². The molecule has 5 rings (SSSR count). The van der Waals surface area contributed by atoms with Crippen molar-refractivity contribution in [2.24, 2.45) is 0 Å². The van der Waals surface area contributed by atoms with Crippen molar-refractivity contribution < 1.29 is 32.7 Å². The number of amides is 3. The molecule has 3 amide bonds. The molecule has 2 saturated heterocycles. The van der Waals surface area contributed by atoms with Gasteiger partial charge in [-0.25, -0.2) is 9.59 Å². The Balaban J connectivity index is 0.000000644. The zero-order chi connectivity index (χ0) is 34.1. The number of aliphatic carboxylic acids is 1. The maximum Gasteiger partial charge on any atom is 0.490 e. The molecule has 0 bridgehead atoms. The summed E-state index contributed by atoms with van der Waals surface area (Å²) >= 11 is 6.22. The van der Waals surface area contributed by atoms with Crippen LogP contribution in [-0.4, -0.2) is 121 Å². The van der Waals surface area contributed by atoms with Gasteiger partial charge in [0.1, 0.15) is 6.07 Å². The Hall–Kier alpha value is -4.36. The van der Waals surface area contributed by atoms with Gasteiger partial charge in [-0.3, -0.25) is 4.79 Å². The summed E-state index contributed by atoms with van der Waals surface area (Å²) < 4.78 is 31.7. The lowest BCUT2D eigenvalue weighted by Gasteiger charge is -2.39. The minimum atomic E-state index is -5.08. The third-order valence-corrected chi connectivity index (χ3v) is 8.76. The first-order valence-electron chi connectivity index (χ1n) is 15.2. The van der Waals surface area contributed by atoms with E-state index < -0.39 is 12.1 Å². The second-order valence-corrected chi connectivity index (χ2v) is 11.8. The summed E-state index contributed by atoms with van der Waals surface area (Å²) in [5.41, 5.74) is 1.77. The van der Waals surface area contributed by atoms with Crippen LogP contribution in [0.4, 0.5) is 29.5 Å². The molecule has 47 heavy (non-hydrogen) atoms. The van der Waals surface area contributed by atoms with Gasteiger partial charge in [-0.1, -0.05) is 11.6 Å². The molecule has 13 nitrogen and oxygen atoms in total. The number of anilines is 2. The van der Waals surface area contributed by atoms with Crippen molar-refractivity contribution in [3.05, 3.63) is 46.6 Å².